The highest BCUT2D eigenvalue weighted by molar-refractivity contribution is 5.87. The first kappa shape index (κ1) is 22.1. The third-order valence-corrected chi connectivity index (χ3v) is 8.88. The lowest BCUT2D eigenvalue weighted by atomic mass is 9.73. The van der Waals surface area contributed by atoms with Crippen molar-refractivity contribution in [2.75, 3.05) is 20.3 Å². The van der Waals surface area contributed by atoms with Gasteiger partial charge < -0.3 is 9.64 Å². The SMILES string of the molecule is CC1COCCC1N(C)[C@@H]1CC[C@@]2(C1)C(=O)N1Cc3cc(C(F)(F)F)cnc3CC1C2C. The van der Waals surface area contributed by atoms with Crippen LogP contribution in [0.15, 0.2) is 12.3 Å². The molecule has 0 bridgehead atoms. The first-order chi connectivity index (χ1) is 15.1. The highest BCUT2D eigenvalue weighted by Gasteiger charge is 2.61. The van der Waals surface area contributed by atoms with Crippen LogP contribution in [-0.2, 0) is 28.7 Å². The zero-order valence-corrected chi connectivity index (χ0v) is 19.0. The molecule has 0 aromatic carbocycles. The van der Waals surface area contributed by atoms with E-state index in [0.29, 0.717) is 35.7 Å². The maximum absolute atomic E-state index is 13.7. The van der Waals surface area contributed by atoms with E-state index in [1.165, 1.54) is 6.07 Å². The molecule has 4 aliphatic rings. The maximum atomic E-state index is 13.7. The predicted molar refractivity (Wildman–Crippen MR) is 113 cm³/mol. The third kappa shape index (κ3) is 3.36. The summed E-state index contributed by atoms with van der Waals surface area (Å²) in [6.07, 6.45) is 0.735. The molecule has 1 aromatic heterocycles. The Kier molecular flexibility index (Phi) is 5.32. The van der Waals surface area contributed by atoms with E-state index >= 15 is 0 Å². The number of alkyl halides is 3. The standard InChI is InChI=1S/C24H32F3N3O2/c1-14-13-32-7-5-20(14)29(3)18-4-6-23(10-18)15(2)21-9-19-16(12-30(21)22(23)31)8-17(11-28-19)24(25,26)27/h8,11,14-15,18,20-21H,4-7,9-10,12-13H2,1-3H3/t14?,15?,18-,20?,21?,23+/m1/s1. The number of amides is 1. The van der Waals surface area contributed by atoms with Gasteiger partial charge in [0.15, 0.2) is 0 Å². The first-order valence-corrected chi connectivity index (χ1v) is 11.8. The summed E-state index contributed by atoms with van der Waals surface area (Å²) in [5.41, 5.74) is 0.0969. The van der Waals surface area contributed by atoms with Gasteiger partial charge in [-0.05, 0) is 56.2 Å². The zero-order chi connectivity index (χ0) is 22.8. The fourth-order valence-electron chi connectivity index (χ4n) is 6.89. The Balaban J connectivity index is 1.36. The maximum Gasteiger partial charge on any atom is 0.417 e. The van der Waals surface area contributed by atoms with Crippen LogP contribution in [0.3, 0.4) is 0 Å². The fourth-order valence-corrected chi connectivity index (χ4v) is 6.89. The second kappa shape index (κ2) is 7.69. The molecule has 176 valence electrons. The Hall–Kier alpha value is -1.67. The lowest BCUT2D eigenvalue weighted by Crippen LogP contribution is -2.47. The first-order valence-electron chi connectivity index (χ1n) is 11.8. The van der Waals surface area contributed by atoms with Crippen LogP contribution in [0.5, 0.6) is 0 Å². The van der Waals surface area contributed by atoms with Crippen molar-refractivity contribution in [3.63, 3.8) is 0 Å². The fraction of sp³-hybridized carbons (Fsp3) is 0.750. The van der Waals surface area contributed by atoms with Crippen molar-refractivity contribution in [3.8, 4) is 0 Å². The van der Waals surface area contributed by atoms with Gasteiger partial charge in [0.05, 0.1) is 17.6 Å². The van der Waals surface area contributed by atoms with Gasteiger partial charge in [0, 0.05) is 49.6 Å². The monoisotopic (exact) mass is 451 g/mol. The molecule has 1 saturated carbocycles. The van der Waals surface area contributed by atoms with Crippen LogP contribution in [0.1, 0.15) is 56.4 Å². The topological polar surface area (TPSA) is 45.7 Å². The summed E-state index contributed by atoms with van der Waals surface area (Å²) in [5.74, 6) is 0.767. The van der Waals surface area contributed by atoms with Gasteiger partial charge >= 0.3 is 6.18 Å². The number of hydrogen-bond acceptors (Lipinski definition) is 4. The molecule has 3 aliphatic heterocycles. The van der Waals surface area contributed by atoms with Crippen LogP contribution in [-0.4, -0.2) is 59.1 Å². The molecule has 5 nitrogen and oxygen atoms in total. The van der Waals surface area contributed by atoms with Crippen molar-refractivity contribution in [2.45, 2.75) is 76.8 Å². The van der Waals surface area contributed by atoms with Gasteiger partial charge in [-0.2, -0.15) is 13.2 Å². The van der Waals surface area contributed by atoms with Crippen LogP contribution in [0.25, 0.3) is 0 Å². The summed E-state index contributed by atoms with van der Waals surface area (Å²) in [7, 11) is 2.19. The van der Waals surface area contributed by atoms with Gasteiger partial charge in [-0.25, -0.2) is 0 Å². The summed E-state index contributed by atoms with van der Waals surface area (Å²) >= 11 is 0. The molecule has 5 rings (SSSR count). The number of nitrogens with zero attached hydrogens (tertiary/aromatic N) is 3. The van der Waals surface area contributed by atoms with Gasteiger partial charge in [-0.1, -0.05) is 13.8 Å². The highest BCUT2D eigenvalue weighted by atomic mass is 19.4. The minimum absolute atomic E-state index is 0.0188. The number of pyridine rings is 1. The lowest BCUT2D eigenvalue weighted by Gasteiger charge is -2.40. The lowest BCUT2D eigenvalue weighted by molar-refractivity contribution is -0.138. The van der Waals surface area contributed by atoms with Crippen LogP contribution >= 0.6 is 0 Å². The van der Waals surface area contributed by atoms with Gasteiger partial charge in [0.1, 0.15) is 0 Å². The zero-order valence-electron chi connectivity index (χ0n) is 19.0. The quantitative estimate of drug-likeness (QED) is 0.684. The molecule has 1 spiro atoms. The number of carbonyl (C=O) groups is 1. The average molecular weight is 452 g/mol. The number of rotatable bonds is 2. The van der Waals surface area contributed by atoms with E-state index in [1.807, 2.05) is 4.90 Å². The van der Waals surface area contributed by atoms with Crippen LogP contribution < -0.4 is 0 Å². The van der Waals surface area contributed by atoms with Crippen molar-refractivity contribution in [1.29, 1.82) is 0 Å². The van der Waals surface area contributed by atoms with Crippen LogP contribution in [0.4, 0.5) is 13.2 Å². The Morgan fingerprint density at radius 3 is 2.78 bits per heavy atom. The molecule has 8 heteroatoms. The molecule has 1 amide bonds. The second-order valence-electron chi connectivity index (χ2n) is 10.4. The molecule has 32 heavy (non-hydrogen) atoms. The largest absolute Gasteiger partial charge is 0.417 e. The van der Waals surface area contributed by atoms with E-state index < -0.39 is 17.2 Å². The van der Waals surface area contributed by atoms with Gasteiger partial charge in [-0.3, -0.25) is 14.7 Å². The number of fused-ring (bicyclic) bond motifs is 2. The van der Waals surface area contributed by atoms with E-state index in [4.69, 9.17) is 4.74 Å². The van der Waals surface area contributed by atoms with Crippen LogP contribution in [0.2, 0.25) is 0 Å². The molecule has 3 fully saturated rings. The Morgan fingerprint density at radius 1 is 1.28 bits per heavy atom. The number of halogens is 3. The minimum Gasteiger partial charge on any atom is -0.381 e. The Morgan fingerprint density at radius 2 is 2.06 bits per heavy atom. The van der Waals surface area contributed by atoms with Gasteiger partial charge in [0.25, 0.3) is 0 Å². The molecular weight excluding hydrogens is 419 g/mol. The molecule has 1 aliphatic carbocycles. The van der Waals surface area contributed by atoms with Gasteiger partial charge in [0.2, 0.25) is 5.91 Å². The summed E-state index contributed by atoms with van der Waals surface area (Å²) in [6, 6.07) is 2.02. The molecule has 1 aromatic rings. The highest BCUT2D eigenvalue weighted by Crippen LogP contribution is 2.55. The molecule has 4 heterocycles. The van der Waals surface area contributed by atoms with Crippen molar-refractivity contribution >= 4 is 5.91 Å². The number of aromatic nitrogens is 1. The average Bonchev–Trinajstić information content (AvgIpc) is 3.29. The number of hydrogen-bond donors (Lipinski definition) is 0. The van der Waals surface area contributed by atoms with Crippen molar-refractivity contribution in [2.24, 2.45) is 17.3 Å². The summed E-state index contributed by atoms with van der Waals surface area (Å²) in [6.45, 7) is 6.20. The van der Waals surface area contributed by atoms with Crippen molar-refractivity contribution < 1.29 is 22.7 Å². The normalized spacial score (nSPS) is 37.3. The number of carbonyl (C=O) groups excluding carboxylic acids is 1. The Bertz CT molecular complexity index is 907. The third-order valence-electron chi connectivity index (χ3n) is 8.88. The predicted octanol–water partition coefficient (Wildman–Crippen LogP) is 3.90. The van der Waals surface area contributed by atoms with E-state index in [2.05, 4.69) is 30.8 Å². The molecule has 6 atom stereocenters. The second-order valence-corrected chi connectivity index (χ2v) is 10.4. The van der Waals surface area contributed by atoms with E-state index in [1.54, 1.807) is 0 Å². The molecule has 4 unspecified atom stereocenters. The molecule has 2 saturated heterocycles. The van der Waals surface area contributed by atoms with E-state index in [0.717, 1.165) is 45.1 Å². The molecular formula is C24H32F3N3O2. The summed E-state index contributed by atoms with van der Waals surface area (Å²) in [4.78, 5) is 22.2. The number of ether oxygens (including phenoxy) is 1. The Labute approximate surface area is 187 Å². The summed E-state index contributed by atoms with van der Waals surface area (Å²) in [5, 5.41) is 0. The molecule has 0 radical (unpaired) electrons. The van der Waals surface area contributed by atoms with Crippen molar-refractivity contribution in [3.05, 3.63) is 29.1 Å². The van der Waals surface area contributed by atoms with E-state index in [9.17, 15) is 18.0 Å². The smallest absolute Gasteiger partial charge is 0.381 e. The van der Waals surface area contributed by atoms with E-state index in [-0.39, 0.29) is 24.4 Å². The minimum atomic E-state index is -4.42. The van der Waals surface area contributed by atoms with Crippen molar-refractivity contribution in [1.82, 2.24) is 14.8 Å². The summed E-state index contributed by atoms with van der Waals surface area (Å²) < 4.78 is 45.1. The van der Waals surface area contributed by atoms with Gasteiger partial charge in [-0.15, -0.1) is 0 Å². The van der Waals surface area contributed by atoms with Crippen LogP contribution in [0, 0.1) is 17.3 Å². The molecule has 0 N–H and O–H groups in total.